The van der Waals surface area contributed by atoms with E-state index in [0.29, 0.717) is 5.56 Å². The topological polar surface area (TPSA) is 120 Å². The number of carbonyl (C=O) groups excluding carboxylic acids is 1. The largest absolute Gasteiger partial charge is 0.466 e. The first kappa shape index (κ1) is 15.0. The molecule has 0 spiro atoms. The molecule has 2 aromatic rings. The molecule has 9 heteroatoms. The summed E-state index contributed by atoms with van der Waals surface area (Å²) in [6, 6.07) is 5.73. The van der Waals surface area contributed by atoms with E-state index in [1.807, 2.05) is 0 Å². The first-order valence-electron chi connectivity index (χ1n) is 6.10. The normalized spacial score (nSPS) is 10.4. The SMILES string of the molecule is O=C(COc1cnccn1)N/N=C/c1ccc([N+](=O)[O-])cc1. The van der Waals surface area contributed by atoms with Gasteiger partial charge in [-0.05, 0) is 17.7 Å². The zero-order chi connectivity index (χ0) is 15.8. The molecule has 1 amide bonds. The summed E-state index contributed by atoms with van der Waals surface area (Å²) in [4.78, 5) is 29.1. The van der Waals surface area contributed by atoms with Crippen molar-refractivity contribution in [1.82, 2.24) is 15.4 Å². The van der Waals surface area contributed by atoms with Crippen LogP contribution in [0.25, 0.3) is 0 Å². The maximum Gasteiger partial charge on any atom is 0.278 e. The summed E-state index contributed by atoms with van der Waals surface area (Å²) < 4.78 is 5.08. The molecule has 112 valence electrons. The van der Waals surface area contributed by atoms with Crippen molar-refractivity contribution < 1.29 is 14.5 Å². The summed E-state index contributed by atoms with van der Waals surface area (Å²) in [5.41, 5.74) is 2.86. The number of carbonyl (C=O) groups is 1. The molecule has 1 aromatic heterocycles. The van der Waals surface area contributed by atoms with E-state index in [4.69, 9.17) is 4.74 Å². The Morgan fingerprint density at radius 3 is 2.77 bits per heavy atom. The Bertz CT molecular complexity index is 673. The summed E-state index contributed by atoms with van der Waals surface area (Å²) in [5, 5.41) is 14.2. The van der Waals surface area contributed by atoms with E-state index >= 15 is 0 Å². The average Bonchev–Trinajstić information content (AvgIpc) is 2.54. The molecule has 0 saturated heterocycles. The Morgan fingerprint density at radius 2 is 2.14 bits per heavy atom. The molecular formula is C13H11N5O4. The molecule has 2 rings (SSSR count). The van der Waals surface area contributed by atoms with Crippen LogP contribution in [0.3, 0.4) is 0 Å². The molecule has 0 fully saturated rings. The van der Waals surface area contributed by atoms with Crippen molar-refractivity contribution >= 4 is 17.8 Å². The van der Waals surface area contributed by atoms with Crippen LogP contribution in [0.15, 0.2) is 48.0 Å². The molecule has 0 saturated carbocycles. The number of nitro benzene ring substituents is 1. The van der Waals surface area contributed by atoms with Gasteiger partial charge in [-0.2, -0.15) is 5.10 Å². The van der Waals surface area contributed by atoms with Crippen LogP contribution in [0.1, 0.15) is 5.56 Å². The quantitative estimate of drug-likeness (QED) is 0.481. The number of rotatable bonds is 6. The lowest BCUT2D eigenvalue weighted by Gasteiger charge is -2.02. The van der Waals surface area contributed by atoms with Gasteiger partial charge in [-0.1, -0.05) is 0 Å². The fourth-order valence-electron chi connectivity index (χ4n) is 1.39. The zero-order valence-electron chi connectivity index (χ0n) is 11.2. The van der Waals surface area contributed by atoms with Crippen molar-refractivity contribution in [3.63, 3.8) is 0 Å². The number of amides is 1. The second-order valence-electron chi connectivity index (χ2n) is 3.97. The molecule has 0 unspecified atom stereocenters. The number of ether oxygens (including phenoxy) is 1. The number of benzene rings is 1. The number of nitrogens with one attached hydrogen (secondary N) is 1. The first-order chi connectivity index (χ1) is 10.6. The molecule has 1 heterocycles. The van der Waals surface area contributed by atoms with Crippen molar-refractivity contribution in [1.29, 1.82) is 0 Å². The van der Waals surface area contributed by atoms with Gasteiger partial charge in [-0.3, -0.25) is 19.9 Å². The van der Waals surface area contributed by atoms with Gasteiger partial charge in [-0.15, -0.1) is 0 Å². The van der Waals surface area contributed by atoms with E-state index in [1.165, 1.54) is 49.1 Å². The van der Waals surface area contributed by atoms with E-state index in [9.17, 15) is 14.9 Å². The lowest BCUT2D eigenvalue weighted by Crippen LogP contribution is -2.24. The van der Waals surface area contributed by atoms with Gasteiger partial charge >= 0.3 is 0 Å². The highest BCUT2D eigenvalue weighted by Crippen LogP contribution is 2.10. The minimum Gasteiger partial charge on any atom is -0.466 e. The fraction of sp³-hybridized carbons (Fsp3) is 0.0769. The Kier molecular flexibility index (Phi) is 5.08. The standard InChI is InChI=1S/C13H11N5O4/c19-12(9-22-13-8-14-5-6-15-13)17-16-7-10-1-3-11(4-2-10)18(20)21/h1-8H,9H2,(H,17,19)/b16-7+. The molecule has 1 aromatic carbocycles. The lowest BCUT2D eigenvalue weighted by molar-refractivity contribution is -0.384. The molecule has 1 N–H and O–H groups in total. The van der Waals surface area contributed by atoms with Crippen molar-refractivity contribution in [2.45, 2.75) is 0 Å². The van der Waals surface area contributed by atoms with Crippen LogP contribution in [-0.4, -0.2) is 33.6 Å². The molecular weight excluding hydrogens is 290 g/mol. The minimum absolute atomic E-state index is 0.0152. The van der Waals surface area contributed by atoms with Crippen molar-refractivity contribution in [3.05, 3.63) is 58.5 Å². The summed E-state index contributed by atoms with van der Waals surface area (Å²) >= 11 is 0. The van der Waals surface area contributed by atoms with E-state index in [1.54, 1.807) is 0 Å². The lowest BCUT2D eigenvalue weighted by atomic mass is 10.2. The van der Waals surface area contributed by atoms with E-state index in [2.05, 4.69) is 20.5 Å². The van der Waals surface area contributed by atoms with E-state index in [-0.39, 0.29) is 18.2 Å². The van der Waals surface area contributed by atoms with Gasteiger partial charge in [0.2, 0.25) is 5.88 Å². The van der Waals surface area contributed by atoms with Gasteiger partial charge in [0.05, 0.1) is 17.3 Å². The number of nitrogens with zero attached hydrogens (tertiary/aromatic N) is 4. The summed E-state index contributed by atoms with van der Waals surface area (Å²) in [7, 11) is 0. The zero-order valence-corrected chi connectivity index (χ0v) is 11.2. The molecule has 0 atom stereocenters. The van der Waals surface area contributed by atoms with Crippen LogP contribution in [0.2, 0.25) is 0 Å². The van der Waals surface area contributed by atoms with Crippen LogP contribution in [0.5, 0.6) is 5.88 Å². The average molecular weight is 301 g/mol. The van der Waals surface area contributed by atoms with Gasteiger partial charge in [0.1, 0.15) is 0 Å². The number of hydrogen-bond donors (Lipinski definition) is 1. The highest BCUT2D eigenvalue weighted by Gasteiger charge is 2.03. The minimum atomic E-state index is -0.494. The van der Waals surface area contributed by atoms with E-state index in [0.717, 1.165) is 0 Å². The Balaban J connectivity index is 1.79. The third-order valence-electron chi connectivity index (χ3n) is 2.40. The maximum absolute atomic E-state index is 11.5. The maximum atomic E-state index is 11.5. The van der Waals surface area contributed by atoms with Crippen LogP contribution in [-0.2, 0) is 4.79 Å². The number of non-ortho nitro benzene ring substituents is 1. The summed E-state index contributed by atoms with van der Waals surface area (Å²) in [6.07, 6.45) is 5.68. The Morgan fingerprint density at radius 1 is 1.36 bits per heavy atom. The number of nitro groups is 1. The van der Waals surface area contributed by atoms with Crippen molar-refractivity contribution in [2.75, 3.05) is 6.61 Å². The first-order valence-corrected chi connectivity index (χ1v) is 6.10. The molecule has 0 aliphatic rings. The molecule has 22 heavy (non-hydrogen) atoms. The van der Waals surface area contributed by atoms with Gasteiger partial charge < -0.3 is 4.74 Å². The van der Waals surface area contributed by atoms with Crippen molar-refractivity contribution in [2.24, 2.45) is 5.10 Å². The van der Waals surface area contributed by atoms with Crippen LogP contribution >= 0.6 is 0 Å². The van der Waals surface area contributed by atoms with Gasteiger partial charge in [-0.25, -0.2) is 10.4 Å². The molecule has 9 nitrogen and oxygen atoms in total. The molecule has 0 radical (unpaired) electrons. The second kappa shape index (κ2) is 7.43. The predicted molar refractivity (Wildman–Crippen MR) is 76.4 cm³/mol. The highest BCUT2D eigenvalue weighted by atomic mass is 16.6. The summed E-state index contributed by atoms with van der Waals surface area (Å²) in [6.45, 7) is -0.254. The molecule has 0 aliphatic heterocycles. The highest BCUT2D eigenvalue weighted by molar-refractivity contribution is 5.83. The fourth-order valence-corrected chi connectivity index (χ4v) is 1.39. The second-order valence-corrected chi connectivity index (χ2v) is 3.97. The Hall–Kier alpha value is -3.36. The Labute approximate surface area is 124 Å². The van der Waals surface area contributed by atoms with Crippen LogP contribution in [0.4, 0.5) is 5.69 Å². The van der Waals surface area contributed by atoms with Gasteiger partial charge in [0.25, 0.3) is 11.6 Å². The summed E-state index contributed by atoms with van der Waals surface area (Å²) in [5.74, 6) is -0.235. The van der Waals surface area contributed by atoms with E-state index < -0.39 is 10.8 Å². The van der Waals surface area contributed by atoms with Gasteiger partial charge in [0.15, 0.2) is 6.61 Å². The number of hydrogen-bond acceptors (Lipinski definition) is 7. The van der Waals surface area contributed by atoms with Gasteiger partial charge in [0, 0.05) is 24.5 Å². The van der Waals surface area contributed by atoms with Crippen LogP contribution < -0.4 is 10.2 Å². The molecule has 0 bridgehead atoms. The monoisotopic (exact) mass is 301 g/mol. The number of aromatic nitrogens is 2. The predicted octanol–water partition coefficient (Wildman–Crippen LogP) is 0.914. The smallest absolute Gasteiger partial charge is 0.278 e. The molecule has 0 aliphatic carbocycles. The van der Waals surface area contributed by atoms with Crippen LogP contribution in [0, 0.1) is 10.1 Å². The number of hydrazone groups is 1. The third-order valence-corrected chi connectivity index (χ3v) is 2.40. The van der Waals surface area contributed by atoms with Crippen molar-refractivity contribution in [3.8, 4) is 5.88 Å². The third kappa shape index (κ3) is 4.63.